The molecule has 0 saturated carbocycles. The molecule has 0 bridgehead atoms. The highest BCUT2D eigenvalue weighted by Crippen LogP contribution is 2.17. The number of hydrogen-bond donors (Lipinski definition) is 2. The van der Waals surface area contributed by atoms with Gasteiger partial charge in [-0.15, -0.1) is 11.3 Å². The van der Waals surface area contributed by atoms with Crippen LogP contribution >= 0.6 is 11.3 Å². The van der Waals surface area contributed by atoms with Crippen molar-refractivity contribution in [2.24, 2.45) is 0 Å². The topological polar surface area (TPSA) is 61.4 Å². The summed E-state index contributed by atoms with van der Waals surface area (Å²) in [4.78, 5) is 26.6. The monoisotopic (exact) mass is 309 g/mol. The first-order valence-electron chi connectivity index (χ1n) is 7.52. The number of urea groups is 1. The van der Waals surface area contributed by atoms with Crippen LogP contribution in [0.4, 0.5) is 4.79 Å². The molecule has 1 aromatic rings. The zero-order valence-electron chi connectivity index (χ0n) is 12.4. The summed E-state index contributed by atoms with van der Waals surface area (Å²) < 4.78 is 0. The summed E-state index contributed by atoms with van der Waals surface area (Å²) in [7, 11) is 0. The molecule has 0 aromatic carbocycles. The molecule has 0 unspecified atom stereocenters. The van der Waals surface area contributed by atoms with Crippen molar-refractivity contribution in [3.63, 3.8) is 0 Å². The summed E-state index contributed by atoms with van der Waals surface area (Å²) >= 11 is 1.63. The third kappa shape index (κ3) is 5.04. The minimum absolute atomic E-state index is 0.00446. The highest BCUT2D eigenvalue weighted by atomic mass is 32.1. The Labute approximate surface area is 129 Å². The molecule has 1 fully saturated rings. The molecule has 0 aliphatic carbocycles. The summed E-state index contributed by atoms with van der Waals surface area (Å²) in [6, 6.07) is 3.80. The number of thiophene rings is 1. The summed E-state index contributed by atoms with van der Waals surface area (Å²) in [6.45, 7) is 3.87. The van der Waals surface area contributed by atoms with Crippen LogP contribution in [0.25, 0.3) is 0 Å². The number of nitrogens with zero attached hydrogens (tertiary/aromatic N) is 1. The number of amides is 3. The molecule has 2 heterocycles. The Kier molecular flexibility index (Phi) is 6.04. The van der Waals surface area contributed by atoms with Crippen molar-refractivity contribution in [3.05, 3.63) is 22.4 Å². The molecule has 5 nitrogen and oxygen atoms in total. The van der Waals surface area contributed by atoms with Gasteiger partial charge in [0.1, 0.15) is 0 Å². The lowest BCUT2D eigenvalue weighted by Crippen LogP contribution is -2.42. The SMILES string of the molecule is C[C@@H](NC(=O)NCCN1CCCCCC1=O)c1cccs1. The molecule has 0 radical (unpaired) electrons. The molecule has 2 N–H and O–H groups in total. The zero-order chi connectivity index (χ0) is 15.1. The second-order valence-electron chi connectivity index (χ2n) is 5.33. The number of rotatable bonds is 5. The highest BCUT2D eigenvalue weighted by Gasteiger charge is 2.16. The van der Waals surface area contributed by atoms with Gasteiger partial charge in [-0.05, 0) is 31.2 Å². The average Bonchev–Trinajstić information content (AvgIpc) is 2.92. The first-order chi connectivity index (χ1) is 10.2. The van der Waals surface area contributed by atoms with Crippen molar-refractivity contribution in [3.8, 4) is 0 Å². The van der Waals surface area contributed by atoms with Crippen LogP contribution in [0.3, 0.4) is 0 Å². The van der Waals surface area contributed by atoms with Gasteiger partial charge in [0.25, 0.3) is 0 Å². The molecule has 116 valence electrons. The Hall–Kier alpha value is -1.56. The Morgan fingerprint density at radius 2 is 2.29 bits per heavy atom. The van der Waals surface area contributed by atoms with Crippen molar-refractivity contribution in [1.82, 2.24) is 15.5 Å². The maximum absolute atomic E-state index is 11.8. The molecule has 2 rings (SSSR count). The van der Waals surface area contributed by atoms with E-state index in [0.717, 1.165) is 30.7 Å². The fourth-order valence-corrected chi connectivity index (χ4v) is 3.17. The van der Waals surface area contributed by atoms with E-state index in [2.05, 4.69) is 10.6 Å². The smallest absolute Gasteiger partial charge is 0.315 e. The molecular weight excluding hydrogens is 286 g/mol. The fourth-order valence-electron chi connectivity index (χ4n) is 2.44. The summed E-state index contributed by atoms with van der Waals surface area (Å²) in [5, 5.41) is 7.72. The van der Waals surface area contributed by atoms with Crippen LogP contribution < -0.4 is 10.6 Å². The summed E-state index contributed by atoms with van der Waals surface area (Å²) in [5.41, 5.74) is 0. The molecule has 21 heavy (non-hydrogen) atoms. The van der Waals surface area contributed by atoms with Gasteiger partial charge in [-0.2, -0.15) is 0 Å². The predicted molar refractivity (Wildman–Crippen MR) is 84.3 cm³/mol. The molecule has 1 aromatic heterocycles. The van der Waals surface area contributed by atoms with Crippen molar-refractivity contribution in [2.75, 3.05) is 19.6 Å². The lowest BCUT2D eigenvalue weighted by atomic mass is 10.2. The molecule has 3 amide bonds. The quantitative estimate of drug-likeness (QED) is 0.878. The molecule has 1 saturated heterocycles. The number of likely N-dealkylation sites (tertiary alicyclic amines) is 1. The molecular formula is C15H23N3O2S. The Morgan fingerprint density at radius 1 is 1.43 bits per heavy atom. The van der Waals surface area contributed by atoms with Gasteiger partial charge in [0.05, 0.1) is 6.04 Å². The van der Waals surface area contributed by atoms with E-state index in [9.17, 15) is 9.59 Å². The molecule has 6 heteroatoms. The maximum atomic E-state index is 11.8. The van der Waals surface area contributed by atoms with Gasteiger partial charge in [-0.1, -0.05) is 12.5 Å². The highest BCUT2D eigenvalue weighted by molar-refractivity contribution is 7.10. The first kappa shape index (κ1) is 15.8. The number of hydrogen-bond acceptors (Lipinski definition) is 3. The second kappa shape index (κ2) is 8.02. The van der Waals surface area contributed by atoms with E-state index in [1.807, 2.05) is 29.3 Å². The Morgan fingerprint density at radius 3 is 3.05 bits per heavy atom. The van der Waals surface area contributed by atoms with Gasteiger partial charge >= 0.3 is 6.03 Å². The van der Waals surface area contributed by atoms with Crippen molar-refractivity contribution < 1.29 is 9.59 Å². The van der Waals surface area contributed by atoms with E-state index >= 15 is 0 Å². The van der Waals surface area contributed by atoms with Crippen LogP contribution in [-0.4, -0.2) is 36.5 Å². The lowest BCUT2D eigenvalue weighted by Gasteiger charge is -2.21. The summed E-state index contributed by atoms with van der Waals surface area (Å²) in [5.74, 6) is 0.210. The van der Waals surface area contributed by atoms with E-state index in [0.29, 0.717) is 19.5 Å². The zero-order valence-corrected chi connectivity index (χ0v) is 13.2. The minimum atomic E-state index is -0.182. The van der Waals surface area contributed by atoms with Gasteiger partial charge in [-0.25, -0.2) is 4.79 Å². The van der Waals surface area contributed by atoms with Crippen LogP contribution in [0.2, 0.25) is 0 Å². The van der Waals surface area contributed by atoms with Gasteiger partial charge in [0, 0.05) is 30.9 Å². The average molecular weight is 309 g/mol. The van der Waals surface area contributed by atoms with Crippen LogP contribution in [0.5, 0.6) is 0 Å². The lowest BCUT2D eigenvalue weighted by molar-refractivity contribution is -0.130. The van der Waals surface area contributed by atoms with Crippen LogP contribution in [-0.2, 0) is 4.79 Å². The molecule has 0 spiro atoms. The number of carbonyl (C=O) groups excluding carboxylic acids is 2. The van der Waals surface area contributed by atoms with Gasteiger partial charge in [0.2, 0.25) is 5.91 Å². The van der Waals surface area contributed by atoms with Crippen molar-refractivity contribution >= 4 is 23.3 Å². The predicted octanol–water partition coefficient (Wildman–Crippen LogP) is 2.51. The van der Waals surface area contributed by atoms with Crippen LogP contribution in [0, 0.1) is 0 Å². The number of carbonyl (C=O) groups is 2. The van der Waals surface area contributed by atoms with Crippen molar-refractivity contribution in [2.45, 2.75) is 38.6 Å². The maximum Gasteiger partial charge on any atom is 0.315 e. The van der Waals surface area contributed by atoms with E-state index in [4.69, 9.17) is 0 Å². The Bertz CT molecular complexity index is 461. The standard InChI is InChI=1S/C15H23N3O2S/c1-12(13-6-5-11-21-13)17-15(20)16-8-10-18-9-4-2-3-7-14(18)19/h5-6,11-12H,2-4,7-10H2,1H3,(H2,16,17,20)/t12-/m1/s1. The van der Waals surface area contributed by atoms with E-state index < -0.39 is 0 Å². The van der Waals surface area contributed by atoms with E-state index in [1.54, 1.807) is 11.3 Å². The van der Waals surface area contributed by atoms with Gasteiger partial charge in [0.15, 0.2) is 0 Å². The summed E-state index contributed by atoms with van der Waals surface area (Å²) in [6.07, 6.45) is 3.81. The van der Waals surface area contributed by atoms with Crippen molar-refractivity contribution in [1.29, 1.82) is 0 Å². The largest absolute Gasteiger partial charge is 0.341 e. The molecule has 1 aliphatic rings. The number of nitrogens with one attached hydrogen (secondary N) is 2. The normalized spacial score (nSPS) is 17.2. The van der Waals surface area contributed by atoms with Gasteiger partial charge < -0.3 is 15.5 Å². The Balaban J connectivity index is 1.68. The van der Waals surface area contributed by atoms with Crippen LogP contribution in [0.15, 0.2) is 17.5 Å². The second-order valence-corrected chi connectivity index (χ2v) is 6.31. The van der Waals surface area contributed by atoms with Gasteiger partial charge in [-0.3, -0.25) is 4.79 Å². The first-order valence-corrected chi connectivity index (χ1v) is 8.40. The van der Waals surface area contributed by atoms with E-state index in [-0.39, 0.29) is 18.0 Å². The third-order valence-corrected chi connectivity index (χ3v) is 4.71. The molecule has 1 atom stereocenters. The fraction of sp³-hybridized carbons (Fsp3) is 0.600. The minimum Gasteiger partial charge on any atom is -0.341 e. The molecule has 1 aliphatic heterocycles. The third-order valence-electron chi connectivity index (χ3n) is 3.66. The van der Waals surface area contributed by atoms with Crippen LogP contribution in [0.1, 0.15) is 43.5 Å². The van der Waals surface area contributed by atoms with E-state index in [1.165, 1.54) is 0 Å².